The van der Waals surface area contributed by atoms with E-state index >= 15 is 0 Å². The molecule has 124 valence electrons. The number of furan rings is 1. The Labute approximate surface area is 140 Å². The minimum absolute atomic E-state index is 0.232. The summed E-state index contributed by atoms with van der Waals surface area (Å²) in [5, 5.41) is 2.86. The van der Waals surface area contributed by atoms with Gasteiger partial charge in [0.25, 0.3) is 5.91 Å². The summed E-state index contributed by atoms with van der Waals surface area (Å²) in [4.78, 5) is 18.4. The van der Waals surface area contributed by atoms with Crippen LogP contribution < -0.4 is 5.32 Å². The molecule has 0 aliphatic heterocycles. The Morgan fingerprint density at radius 2 is 2.00 bits per heavy atom. The summed E-state index contributed by atoms with van der Waals surface area (Å²) in [5.41, 5.74) is 1.47. The first kappa shape index (κ1) is 16.0. The van der Waals surface area contributed by atoms with Gasteiger partial charge in [-0.25, -0.2) is 4.98 Å². The predicted molar refractivity (Wildman–Crippen MR) is 89.3 cm³/mol. The highest BCUT2D eigenvalue weighted by atomic mass is 16.4. The van der Waals surface area contributed by atoms with Gasteiger partial charge >= 0.3 is 0 Å². The molecular weight excluding hydrogens is 306 g/mol. The third-order valence-electron chi connectivity index (χ3n) is 3.60. The summed E-state index contributed by atoms with van der Waals surface area (Å²) in [6.45, 7) is 2.08. The molecule has 0 radical (unpaired) electrons. The van der Waals surface area contributed by atoms with Crippen LogP contribution in [0.3, 0.4) is 0 Å². The topological polar surface area (TPSA) is 71.5 Å². The van der Waals surface area contributed by atoms with Crippen molar-refractivity contribution in [3.8, 4) is 11.5 Å². The molecule has 6 heteroatoms. The molecule has 6 nitrogen and oxygen atoms in total. The molecule has 1 amide bonds. The zero-order valence-corrected chi connectivity index (χ0v) is 13.4. The minimum Gasteiger partial charge on any atom is -0.461 e. The number of nitrogens with one attached hydrogen (secondary N) is 1. The smallest absolute Gasteiger partial charge is 0.274 e. The second-order valence-corrected chi connectivity index (χ2v) is 5.49. The lowest BCUT2D eigenvalue weighted by molar-refractivity contribution is 0.0945. The summed E-state index contributed by atoms with van der Waals surface area (Å²) in [6, 6.07) is 13.7. The van der Waals surface area contributed by atoms with Crippen molar-refractivity contribution in [2.45, 2.75) is 6.54 Å². The van der Waals surface area contributed by atoms with Crippen molar-refractivity contribution in [1.82, 2.24) is 15.2 Å². The number of rotatable bonds is 7. The van der Waals surface area contributed by atoms with E-state index in [1.54, 1.807) is 12.1 Å². The fourth-order valence-corrected chi connectivity index (χ4v) is 2.41. The van der Waals surface area contributed by atoms with Crippen LogP contribution in [0.1, 0.15) is 16.1 Å². The van der Waals surface area contributed by atoms with Crippen molar-refractivity contribution >= 4 is 5.91 Å². The molecule has 0 aliphatic carbocycles. The summed E-state index contributed by atoms with van der Waals surface area (Å²) in [7, 11) is 2.02. The second-order valence-electron chi connectivity index (χ2n) is 5.49. The van der Waals surface area contributed by atoms with Gasteiger partial charge in [-0.2, -0.15) is 0 Å². The molecule has 3 aromatic rings. The summed E-state index contributed by atoms with van der Waals surface area (Å²) in [6.07, 6.45) is 2.77. The van der Waals surface area contributed by atoms with Crippen LogP contribution in [0.15, 0.2) is 64.0 Å². The third kappa shape index (κ3) is 3.91. The van der Waals surface area contributed by atoms with Gasteiger partial charge in [-0.15, -0.1) is 0 Å². The van der Waals surface area contributed by atoms with Crippen molar-refractivity contribution in [1.29, 1.82) is 0 Å². The second kappa shape index (κ2) is 7.61. The first-order valence-corrected chi connectivity index (χ1v) is 7.72. The largest absolute Gasteiger partial charge is 0.461 e. The van der Waals surface area contributed by atoms with E-state index in [9.17, 15) is 4.79 Å². The van der Waals surface area contributed by atoms with Gasteiger partial charge in [0.05, 0.1) is 6.26 Å². The Balaban J connectivity index is 1.51. The maximum Gasteiger partial charge on any atom is 0.274 e. The summed E-state index contributed by atoms with van der Waals surface area (Å²) >= 11 is 0. The Hall–Kier alpha value is -2.86. The number of amides is 1. The normalized spacial score (nSPS) is 10.9. The van der Waals surface area contributed by atoms with Gasteiger partial charge < -0.3 is 19.1 Å². The quantitative estimate of drug-likeness (QED) is 0.723. The number of nitrogens with zero attached hydrogens (tertiary/aromatic N) is 2. The Morgan fingerprint density at radius 1 is 1.17 bits per heavy atom. The van der Waals surface area contributed by atoms with E-state index in [0.717, 1.165) is 13.1 Å². The first-order valence-electron chi connectivity index (χ1n) is 7.72. The van der Waals surface area contributed by atoms with Gasteiger partial charge in [0.2, 0.25) is 5.76 Å². The number of hydrogen-bond acceptors (Lipinski definition) is 5. The fourth-order valence-electron chi connectivity index (χ4n) is 2.41. The van der Waals surface area contributed by atoms with Crippen LogP contribution >= 0.6 is 0 Å². The van der Waals surface area contributed by atoms with E-state index in [0.29, 0.717) is 18.1 Å². The Morgan fingerprint density at radius 3 is 2.75 bits per heavy atom. The highest BCUT2D eigenvalue weighted by Gasteiger charge is 2.19. The Bertz CT molecular complexity index is 766. The van der Waals surface area contributed by atoms with Gasteiger partial charge in [-0.1, -0.05) is 30.3 Å². The zero-order chi connectivity index (χ0) is 16.8. The minimum atomic E-state index is -0.275. The van der Waals surface area contributed by atoms with E-state index < -0.39 is 0 Å². The number of oxazole rings is 1. The average Bonchev–Trinajstić information content (AvgIpc) is 3.26. The fraction of sp³-hybridized carbons (Fsp3) is 0.222. The van der Waals surface area contributed by atoms with Crippen LogP contribution in [-0.2, 0) is 6.54 Å². The monoisotopic (exact) mass is 325 g/mol. The average molecular weight is 325 g/mol. The molecule has 0 unspecified atom stereocenters. The molecule has 24 heavy (non-hydrogen) atoms. The maximum atomic E-state index is 12.3. The molecule has 0 aliphatic rings. The van der Waals surface area contributed by atoms with E-state index in [1.165, 1.54) is 18.2 Å². The Kier molecular flexibility index (Phi) is 5.08. The molecule has 0 saturated heterocycles. The van der Waals surface area contributed by atoms with Crippen molar-refractivity contribution in [3.05, 3.63) is 66.4 Å². The van der Waals surface area contributed by atoms with Crippen LogP contribution in [0.2, 0.25) is 0 Å². The van der Waals surface area contributed by atoms with E-state index in [1.807, 2.05) is 25.2 Å². The van der Waals surface area contributed by atoms with E-state index in [-0.39, 0.29) is 11.6 Å². The highest BCUT2D eigenvalue weighted by Crippen LogP contribution is 2.23. The van der Waals surface area contributed by atoms with Crippen molar-refractivity contribution in [3.63, 3.8) is 0 Å². The summed E-state index contributed by atoms with van der Waals surface area (Å²) < 4.78 is 10.5. The van der Waals surface area contributed by atoms with Gasteiger partial charge in [-0.3, -0.25) is 4.79 Å². The lowest BCUT2D eigenvalue weighted by Crippen LogP contribution is -2.33. The SMILES string of the molecule is CN(CCNC(=O)c1ncoc1-c1ccco1)Cc1ccccc1. The molecular formula is C18H19N3O3. The molecule has 0 fully saturated rings. The first-order chi connectivity index (χ1) is 11.7. The molecule has 0 saturated carbocycles. The van der Waals surface area contributed by atoms with Gasteiger partial charge in [-0.05, 0) is 24.7 Å². The number of likely N-dealkylation sites (N-methyl/N-ethyl adjacent to an activating group) is 1. The van der Waals surface area contributed by atoms with Crippen molar-refractivity contribution < 1.29 is 13.6 Å². The van der Waals surface area contributed by atoms with Crippen LogP contribution in [0.5, 0.6) is 0 Å². The lowest BCUT2D eigenvalue weighted by Gasteiger charge is -2.16. The molecule has 1 N–H and O–H groups in total. The van der Waals surface area contributed by atoms with Crippen LogP contribution in [0, 0.1) is 0 Å². The third-order valence-corrected chi connectivity index (χ3v) is 3.60. The maximum absolute atomic E-state index is 12.3. The zero-order valence-electron chi connectivity index (χ0n) is 13.4. The van der Waals surface area contributed by atoms with Gasteiger partial charge in [0, 0.05) is 19.6 Å². The lowest BCUT2D eigenvalue weighted by atomic mass is 10.2. The molecule has 0 bridgehead atoms. The number of carbonyl (C=O) groups excluding carboxylic acids is 1. The van der Waals surface area contributed by atoms with Gasteiger partial charge in [0.1, 0.15) is 0 Å². The molecule has 2 aromatic heterocycles. The molecule has 2 heterocycles. The van der Waals surface area contributed by atoms with E-state index in [4.69, 9.17) is 8.83 Å². The number of benzene rings is 1. The predicted octanol–water partition coefficient (Wildman–Crippen LogP) is 2.80. The summed E-state index contributed by atoms with van der Waals surface area (Å²) in [5.74, 6) is 0.553. The highest BCUT2D eigenvalue weighted by molar-refractivity contribution is 5.97. The molecule has 3 rings (SSSR count). The van der Waals surface area contributed by atoms with Crippen molar-refractivity contribution in [2.24, 2.45) is 0 Å². The number of carbonyl (C=O) groups is 1. The molecule has 1 aromatic carbocycles. The standard InChI is InChI=1S/C18H19N3O3/c1-21(12-14-6-3-2-4-7-14)10-9-19-18(22)16-17(24-13-20-16)15-8-5-11-23-15/h2-8,11,13H,9-10,12H2,1H3,(H,19,22). The van der Waals surface area contributed by atoms with Crippen molar-refractivity contribution in [2.75, 3.05) is 20.1 Å². The van der Waals surface area contributed by atoms with Crippen LogP contribution in [-0.4, -0.2) is 35.9 Å². The molecule has 0 atom stereocenters. The number of aromatic nitrogens is 1. The van der Waals surface area contributed by atoms with Gasteiger partial charge in [0.15, 0.2) is 17.8 Å². The van der Waals surface area contributed by atoms with Crippen LogP contribution in [0.25, 0.3) is 11.5 Å². The molecule has 0 spiro atoms. The van der Waals surface area contributed by atoms with E-state index in [2.05, 4.69) is 27.3 Å². The number of hydrogen-bond donors (Lipinski definition) is 1. The van der Waals surface area contributed by atoms with Crippen LogP contribution in [0.4, 0.5) is 0 Å².